The van der Waals surface area contributed by atoms with Gasteiger partial charge in [-0.2, -0.15) is 0 Å². The third-order valence-corrected chi connectivity index (χ3v) is 6.14. The van der Waals surface area contributed by atoms with E-state index in [0.717, 1.165) is 6.07 Å². The van der Waals surface area contributed by atoms with Gasteiger partial charge < -0.3 is 9.74 Å². The molecule has 0 spiro atoms. The van der Waals surface area contributed by atoms with E-state index in [4.69, 9.17) is 9.26 Å². The van der Waals surface area contributed by atoms with Crippen molar-refractivity contribution in [2.24, 2.45) is 5.41 Å². The molecular formula is C22H26F3IN2O4Si. The molecule has 0 heterocycles. The lowest BCUT2D eigenvalue weighted by Crippen LogP contribution is -2.39. The van der Waals surface area contributed by atoms with Gasteiger partial charge in [-0.05, 0) is 65.4 Å². The van der Waals surface area contributed by atoms with Gasteiger partial charge in [0.25, 0.3) is 5.91 Å². The zero-order valence-electron chi connectivity index (χ0n) is 18.9. The summed E-state index contributed by atoms with van der Waals surface area (Å²) in [4.78, 5) is 29.3. The molecular weight excluding hydrogens is 568 g/mol. The molecule has 2 aromatic rings. The summed E-state index contributed by atoms with van der Waals surface area (Å²) < 4.78 is 49.8. The molecule has 1 unspecified atom stereocenters. The molecule has 0 saturated carbocycles. The first-order valence-electron chi connectivity index (χ1n) is 10.1. The molecule has 0 aliphatic carbocycles. The van der Waals surface area contributed by atoms with E-state index in [1.54, 1.807) is 6.07 Å². The lowest BCUT2D eigenvalue weighted by Gasteiger charge is -2.32. The summed E-state index contributed by atoms with van der Waals surface area (Å²) in [6.07, 6.45) is -0.236. The fourth-order valence-corrected chi connectivity index (χ4v) is 4.42. The van der Waals surface area contributed by atoms with Gasteiger partial charge in [0, 0.05) is 3.57 Å². The number of hydrogen-bond donors (Lipinski definition) is 2. The SMILES string of the molecule is C[SiH](C)OC(CONC(=O)c1cc(C=O)c(F)c(F)c1Nc1ccc(I)cc1F)C(C)(C)C. The molecule has 180 valence electrons. The zero-order chi connectivity index (χ0) is 24.9. The molecule has 0 fully saturated rings. The first-order chi connectivity index (χ1) is 15.3. The predicted molar refractivity (Wildman–Crippen MR) is 131 cm³/mol. The van der Waals surface area contributed by atoms with Gasteiger partial charge in [0.15, 0.2) is 27.0 Å². The highest BCUT2D eigenvalue weighted by atomic mass is 127. The summed E-state index contributed by atoms with van der Waals surface area (Å²) in [7, 11) is -1.40. The van der Waals surface area contributed by atoms with Crippen LogP contribution in [0, 0.1) is 26.4 Å². The van der Waals surface area contributed by atoms with Crippen LogP contribution in [0.4, 0.5) is 24.5 Å². The number of hydroxylamine groups is 1. The van der Waals surface area contributed by atoms with Crippen LogP contribution >= 0.6 is 22.6 Å². The summed E-state index contributed by atoms with van der Waals surface area (Å²) in [5.74, 6) is -4.63. The van der Waals surface area contributed by atoms with Crippen LogP contribution in [-0.4, -0.2) is 33.9 Å². The summed E-state index contributed by atoms with van der Waals surface area (Å²) >= 11 is 1.90. The second-order valence-electron chi connectivity index (χ2n) is 8.67. The van der Waals surface area contributed by atoms with Gasteiger partial charge in [0.1, 0.15) is 12.4 Å². The average Bonchev–Trinajstić information content (AvgIpc) is 2.71. The number of amides is 1. The van der Waals surface area contributed by atoms with Crippen molar-refractivity contribution < 1.29 is 32.0 Å². The molecule has 6 nitrogen and oxygen atoms in total. The molecule has 0 radical (unpaired) electrons. The topological polar surface area (TPSA) is 76.7 Å². The van der Waals surface area contributed by atoms with Crippen molar-refractivity contribution in [3.05, 3.63) is 56.4 Å². The molecule has 0 bridgehead atoms. The monoisotopic (exact) mass is 594 g/mol. The Bertz CT molecular complexity index is 1030. The molecule has 1 amide bonds. The molecule has 33 heavy (non-hydrogen) atoms. The van der Waals surface area contributed by atoms with E-state index in [1.807, 2.05) is 56.5 Å². The molecule has 0 aliphatic heterocycles. The Morgan fingerprint density at radius 1 is 1.18 bits per heavy atom. The summed E-state index contributed by atoms with van der Waals surface area (Å²) in [6, 6.07) is 4.93. The van der Waals surface area contributed by atoms with Crippen molar-refractivity contribution in [2.75, 3.05) is 11.9 Å². The van der Waals surface area contributed by atoms with E-state index < -0.39 is 49.2 Å². The second-order valence-corrected chi connectivity index (χ2v) is 12.3. The van der Waals surface area contributed by atoms with Gasteiger partial charge in [-0.1, -0.05) is 20.8 Å². The fraction of sp³-hybridized carbons (Fsp3) is 0.364. The molecule has 0 aliphatic rings. The highest BCUT2D eigenvalue weighted by Crippen LogP contribution is 2.30. The summed E-state index contributed by atoms with van der Waals surface area (Å²) in [5.41, 5.74) is 0.0130. The number of anilines is 2. The second kappa shape index (κ2) is 11.4. The molecule has 2 aromatic carbocycles. The van der Waals surface area contributed by atoms with Crippen LogP contribution in [0.3, 0.4) is 0 Å². The number of benzene rings is 2. The van der Waals surface area contributed by atoms with Crippen LogP contribution < -0.4 is 10.8 Å². The number of nitrogens with one attached hydrogen (secondary N) is 2. The van der Waals surface area contributed by atoms with Crippen LogP contribution in [0.5, 0.6) is 0 Å². The zero-order valence-corrected chi connectivity index (χ0v) is 22.2. The Hall–Kier alpha value is -1.96. The Morgan fingerprint density at radius 3 is 2.39 bits per heavy atom. The van der Waals surface area contributed by atoms with E-state index in [2.05, 4.69) is 10.8 Å². The highest BCUT2D eigenvalue weighted by molar-refractivity contribution is 14.1. The van der Waals surface area contributed by atoms with Gasteiger partial charge in [0.2, 0.25) is 0 Å². The lowest BCUT2D eigenvalue weighted by molar-refractivity contribution is -0.0390. The summed E-state index contributed by atoms with van der Waals surface area (Å²) in [5, 5.41) is 2.41. The minimum atomic E-state index is -1.50. The molecule has 0 aromatic heterocycles. The first kappa shape index (κ1) is 27.3. The maximum Gasteiger partial charge on any atom is 0.277 e. The van der Waals surface area contributed by atoms with Gasteiger partial charge in [-0.25, -0.2) is 18.7 Å². The standard InChI is InChI=1S/C22H26F3IN2O4Si/c1-22(2,3)17(32-33(4)5)11-31-28-21(30)14-8-12(10-29)18(24)19(25)20(14)27-16-7-6-13(26)9-15(16)23/h6-10,17,27,33H,11H2,1-5H3,(H,28,30). The average molecular weight is 594 g/mol. The predicted octanol–water partition coefficient (Wildman–Crippen LogP) is 5.34. The van der Waals surface area contributed by atoms with E-state index in [0.29, 0.717) is 3.57 Å². The van der Waals surface area contributed by atoms with Crippen LogP contribution in [0.2, 0.25) is 13.1 Å². The van der Waals surface area contributed by atoms with Crippen molar-refractivity contribution in [3.63, 3.8) is 0 Å². The van der Waals surface area contributed by atoms with Crippen molar-refractivity contribution in [3.8, 4) is 0 Å². The van der Waals surface area contributed by atoms with E-state index in [9.17, 15) is 22.8 Å². The molecule has 11 heteroatoms. The Morgan fingerprint density at radius 2 is 1.85 bits per heavy atom. The fourth-order valence-electron chi connectivity index (χ4n) is 2.82. The van der Waals surface area contributed by atoms with Crippen molar-refractivity contribution in [1.82, 2.24) is 5.48 Å². The largest absolute Gasteiger partial charge is 0.415 e. The minimum Gasteiger partial charge on any atom is -0.415 e. The number of carbonyl (C=O) groups excluding carboxylic acids is 2. The van der Waals surface area contributed by atoms with Crippen LogP contribution in [0.15, 0.2) is 24.3 Å². The normalized spacial score (nSPS) is 12.5. The number of aldehydes is 1. The lowest BCUT2D eigenvalue weighted by atomic mass is 9.90. The first-order valence-corrected chi connectivity index (χ1v) is 14.0. The Balaban J connectivity index is 2.32. The number of halogens is 4. The number of carbonyl (C=O) groups is 2. The molecule has 2 N–H and O–H groups in total. The van der Waals surface area contributed by atoms with Crippen LogP contribution in [-0.2, 0) is 9.26 Å². The van der Waals surface area contributed by atoms with Gasteiger partial charge in [-0.3, -0.25) is 14.4 Å². The molecule has 1 atom stereocenters. The minimum absolute atomic E-state index is 0.0130. The third-order valence-electron chi connectivity index (χ3n) is 4.60. The maximum absolute atomic E-state index is 14.8. The van der Waals surface area contributed by atoms with Gasteiger partial charge >= 0.3 is 0 Å². The van der Waals surface area contributed by atoms with Crippen molar-refractivity contribution >= 4 is 55.2 Å². The van der Waals surface area contributed by atoms with E-state index in [1.165, 1.54) is 12.1 Å². The Kier molecular flexibility index (Phi) is 9.46. The molecule has 2 rings (SSSR count). The van der Waals surface area contributed by atoms with E-state index in [-0.39, 0.29) is 30.1 Å². The summed E-state index contributed by atoms with van der Waals surface area (Å²) in [6.45, 7) is 9.90. The number of hydrogen-bond acceptors (Lipinski definition) is 5. The number of rotatable bonds is 9. The maximum atomic E-state index is 14.8. The smallest absolute Gasteiger partial charge is 0.277 e. The molecule has 0 saturated heterocycles. The van der Waals surface area contributed by atoms with Crippen LogP contribution in [0.1, 0.15) is 41.5 Å². The van der Waals surface area contributed by atoms with Gasteiger partial charge in [0.05, 0.1) is 28.6 Å². The van der Waals surface area contributed by atoms with Gasteiger partial charge in [-0.15, -0.1) is 0 Å². The van der Waals surface area contributed by atoms with Crippen molar-refractivity contribution in [2.45, 2.75) is 40.0 Å². The van der Waals surface area contributed by atoms with E-state index >= 15 is 0 Å². The quantitative estimate of drug-likeness (QED) is 0.178. The van der Waals surface area contributed by atoms with Crippen molar-refractivity contribution in [1.29, 1.82) is 0 Å². The third kappa shape index (κ3) is 7.26. The Labute approximate surface area is 206 Å². The van der Waals surface area contributed by atoms with Crippen LogP contribution in [0.25, 0.3) is 0 Å². The highest BCUT2D eigenvalue weighted by Gasteiger charge is 2.28.